The second kappa shape index (κ2) is 6.92. The van der Waals surface area contributed by atoms with E-state index in [0.717, 1.165) is 21.8 Å². The number of imide groups is 1. The highest BCUT2D eigenvalue weighted by atomic mass is 16.2. The summed E-state index contributed by atoms with van der Waals surface area (Å²) in [5.74, 6) is -1.23. The average Bonchev–Trinajstić information content (AvgIpc) is 3.19. The van der Waals surface area contributed by atoms with E-state index in [4.69, 9.17) is 0 Å². The van der Waals surface area contributed by atoms with Gasteiger partial charge in [0.1, 0.15) is 11.7 Å². The molecule has 2 aromatic heterocycles. The van der Waals surface area contributed by atoms with Crippen LogP contribution in [0.5, 0.6) is 0 Å². The Bertz CT molecular complexity index is 1070. The predicted octanol–water partition coefficient (Wildman–Crippen LogP) is 1.99. The number of fused-ring (bicyclic) bond motifs is 2. The summed E-state index contributed by atoms with van der Waals surface area (Å²) >= 11 is 0. The van der Waals surface area contributed by atoms with Gasteiger partial charge in [-0.15, -0.1) is 0 Å². The summed E-state index contributed by atoms with van der Waals surface area (Å²) in [5, 5.41) is 2.80. The van der Waals surface area contributed by atoms with Crippen LogP contribution < -0.4 is 5.32 Å². The van der Waals surface area contributed by atoms with Crippen LogP contribution in [0.25, 0.3) is 5.65 Å². The van der Waals surface area contributed by atoms with Crippen LogP contribution in [-0.4, -0.2) is 44.6 Å². The van der Waals surface area contributed by atoms with Gasteiger partial charge in [-0.3, -0.25) is 19.3 Å². The Morgan fingerprint density at radius 1 is 1.14 bits per heavy atom. The first-order valence-corrected chi connectivity index (χ1v) is 9.14. The number of aromatic nitrogens is 2. The molecule has 0 saturated carbocycles. The van der Waals surface area contributed by atoms with E-state index in [1.165, 1.54) is 0 Å². The van der Waals surface area contributed by atoms with Crippen molar-refractivity contribution in [3.63, 3.8) is 0 Å². The number of pyridine rings is 1. The summed E-state index contributed by atoms with van der Waals surface area (Å²) in [7, 11) is 0. The van der Waals surface area contributed by atoms with Crippen LogP contribution in [0.4, 0.5) is 0 Å². The molecule has 1 atom stereocenters. The third-order valence-corrected chi connectivity index (χ3v) is 4.94. The van der Waals surface area contributed by atoms with Gasteiger partial charge < -0.3 is 9.72 Å². The van der Waals surface area contributed by atoms with E-state index in [2.05, 4.69) is 10.3 Å². The zero-order chi connectivity index (χ0) is 19.8. The average molecular weight is 376 g/mol. The molecule has 0 aliphatic carbocycles. The summed E-state index contributed by atoms with van der Waals surface area (Å²) in [6.45, 7) is 3.94. The number of amides is 3. The summed E-state index contributed by atoms with van der Waals surface area (Å²) in [4.78, 5) is 43.0. The first kappa shape index (κ1) is 17.9. The molecule has 0 saturated heterocycles. The van der Waals surface area contributed by atoms with Gasteiger partial charge in [0.2, 0.25) is 5.91 Å². The van der Waals surface area contributed by atoms with Gasteiger partial charge in [0, 0.05) is 25.4 Å². The quantitative estimate of drug-likeness (QED) is 0.690. The number of carbonyl (C=O) groups excluding carboxylic acids is 3. The highest BCUT2D eigenvalue weighted by Gasteiger charge is 2.40. The second-order valence-electron chi connectivity index (χ2n) is 6.94. The molecule has 1 aromatic carbocycles. The van der Waals surface area contributed by atoms with Crippen molar-refractivity contribution in [2.45, 2.75) is 26.3 Å². The molecular weight excluding hydrogens is 356 g/mol. The van der Waals surface area contributed by atoms with Gasteiger partial charge in [-0.05, 0) is 43.7 Å². The molecule has 1 aliphatic heterocycles. The van der Waals surface area contributed by atoms with Gasteiger partial charge in [-0.1, -0.05) is 12.1 Å². The van der Waals surface area contributed by atoms with E-state index in [9.17, 15) is 14.4 Å². The van der Waals surface area contributed by atoms with Crippen molar-refractivity contribution in [2.75, 3.05) is 6.54 Å². The summed E-state index contributed by atoms with van der Waals surface area (Å²) in [6, 6.07) is 9.73. The van der Waals surface area contributed by atoms with E-state index in [0.29, 0.717) is 24.1 Å². The molecule has 7 heteroatoms. The van der Waals surface area contributed by atoms with Gasteiger partial charge in [0.15, 0.2) is 0 Å². The number of nitrogens with one attached hydrogen (secondary N) is 1. The number of hydrogen-bond acceptors (Lipinski definition) is 4. The van der Waals surface area contributed by atoms with E-state index in [1.54, 1.807) is 31.2 Å². The van der Waals surface area contributed by atoms with Gasteiger partial charge >= 0.3 is 0 Å². The molecule has 1 unspecified atom stereocenters. The zero-order valence-corrected chi connectivity index (χ0v) is 15.7. The topological polar surface area (TPSA) is 83.8 Å². The Morgan fingerprint density at radius 3 is 2.50 bits per heavy atom. The highest BCUT2D eigenvalue weighted by molar-refractivity contribution is 6.22. The minimum Gasteiger partial charge on any atom is -0.354 e. The number of carbonyl (C=O) groups is 3. The maximum absolute atomic E-state index is 12.5. The first-order valence-electron chi connectivity index (χ1n) is 9.14. The standard InChI is InChI=1S/C21H20N4O3/c1-13-8-10-24-12-15(23-18(24)11-13)7-9-22-19(26)14(2)25-20(27)16-5-3-4-6-17(16)21(25)28/h3-6,8,10-12,14H,7,9H2,1-2H3,(H,22,26). The van der Waals surface area contributed by atoms with E-state index in [1.807, 2.05) is 35.9 Å². The molecule has 0 radical (unpaired) electrons. The molecule has 28 heavy (non-hydrogen) atoms. The van der Waals surface area contributed by atoms with Crippen molar-refractivity contribution in [3.8, 4) is 0 Å². The lowest BCUT2D eigenvalue weighted by Gasteiger charge is -2.21. The number of hydrogen-bond donors (Lipinski definition) is 1. The minimum absolute atomic E-state index is 0.340. The van der Waals surface area contributed by atoms with Crippen LogP contribution >= 0.6 is 0 Å². The summed E-state index contributed by atoms with van der Waals surface area (Å²) in [6.07, 6.45) is 4.43. The maximum Gasteiger partial charge on any atom is 0.262 e. The third kappa shape index (κ3) is 3.05. The minimum atomic E-state index is -0.879. The van der Waals surface area contributed by atoms with Crippen LogP contribution in [0.2, 0.25) is 0 Å². The molecule has 0 fully saturated rings. The molecule has 142 valence electrons. The number of nitrogens with zero attached hydrogens (tertiary/aromatic N) is 3. The molecule has 3 aromatic rings. The fraction of sp³-hybridized carbons (Fsp3) is 0.238. The van der Waals surface area contributed by atoms with E-state index >= 15 is 0 Å². The van der Waals surface area contributed by atoms with Crippen LogP contribution in [0.3, 0.4) is 0 Å². The van der Waals surface area contributed by atoms with Crippen LogP contribution in [0.15, 0.2) is 48.8 Å². The smallest absolute Gasteiger partial charge is 0.262 e. The molecule has 1 N–H and O–H groups in total. The molecule has 0 spiro atoms. The molecule has 3 heterocycles. The SMILES string of the molecule is Cc1ccn2cc(CCNC(=O)C(C)N3C(=O)c4ccccc4C3=O)nc2c1. The van der Waals surface area contributed by atoms with Crippen molar-refractivity contribution in [1.29, 1.82) is 0 Å². The monoisotopic (exact) mass is 376 g/mol. The van der Waals surface area contributed by atoms with E-state index in [-0.39, 0.29) is 5.91 Å². The zero-order valence-electron chi connectivity index (χ0n) is 15.7. The lowest BCUT2D eigenvalue weighted by Crippen LogP contribution is -2.48. The van der Waals surface area contributed by atoms with Crippen molar-refractivity contribution < 1.29 is 14.4 Å². The Balaban J connectivity index is 1.38. The first-order chi connectivity index (χ1) is 13.5. The number of rotatable bonds is 5. The van der Waals surface area contributed by atoms with Crippen molar-refractivity contribution in [1.82, 2.24) is 19.6 Å². The fourth-order valence-electron chi connectivity index (χ4n) is 3.40. The number of aryl methyl sites for hydroxylation is 1. The lowest BCUT2D eigenvalue weighted by atomic mass is 10.1. The Kier molecular flexibility index (Phi) is 4.43. The second-order valence-corrected chi connectivity index (χ2v) is 6.94. The van der Waals surface area contributed by atoms with Gasteiger partial charge in [-0.2, -0.15) is 0 Å². The largest absolute Gasteiger partial charge is 0.354 e. The molecule has 7 nitrogen and oxygen atoms in total. The normalized spacial score (nSPS) is 14.4. The summed E-state index contributed by atoms with van der Waals surface area (Å²) < 4.78 is 1.94. The molecule has 4 rings (SSSR count). The summed E-state index contributed by atoms with van der Waals surface area (Å²) in [5.41, 5.74) is 3.53. The maximum atomic E-state index is 12.5. The number of imidazole rings is 1. The Hall–Kier alpha value is -3.48. The lowest BCUT2D eigenvalue weighted by molar-refractivity contribution is -0.124. The van der Waals surface area contributed by atoms with Crippen LogP contribution in [0, 0.1) is 6.92 Å². The van der Waals surface area contributed by atoms with Gasteiger partial charge in [0.05, 0.1) is 16.8 Å². The predicted molar refractivity (Wildman–Crippen MR) is 103 cm³/mol. The van der Waals surface area contributed by atoms with Gasteiger partial charge in [0.25, 0.3) is 11.8 Å². The molecule has 3 amide bonds. The third-order valence-electron chi connectivity index (χ3n) is 4.94. The Labute approximate surface area is 162 Å². The molecule has 1 aliphatic rings. The van der Waals surface area contributed by atoms with Gasteiger partial charge in [-0.25, -0.2) is 4.98 Å². The van der Waals surface area contributed by atoms with Crippen LogP contribution in [-0.2, 0) is 11.2 Å². The van der Waals surface area contributed by atoms with E-state index < -0.39 is 17.9 Å². The number of benzene rings is 1. The molecule has 0 bridgehead atoms. The van der Waals surface area contributed by atoms with Crippen LogP contribution in [0.1, 0.15) is 38.9 Å². The molecular formula is C21H20N4O3. The Morgan fingerprint density at radius 2 is 1.82 bits per heavy atom. The van der Waals surface area contributed by atoms with Crippen molar-refractivity contribution in [2.24, 2.45) is 0 Å². The fourth-order valence-corrected chi connectivity index (χ4v) is 3.40. The van der Waals surface area contributed by atoms with Crippen molar-refractivity contribution in [3.05, 3.63) is 71.2 Å². The highest BCUT2D eigenvalue weighted by Crippen LogP contribution is 2.24. The van der Waals surface area contributed by atoms with Crippen molar-refractivity contribution >= 4 is 23.4 Å².